The smallest absolute Gasteiger partial charge is 0.258 e. The van der Waals surface area contributed by atoms with E-state index in [4.69, 9.17) is 9.26 Å². The highest BCUT2D eigenvalue weighted by Crippen LogP contribution is 2.09. The monoisotopic (exact) mass is 251 g/mol. The van der Waals surface area contributed by atoms with Gasteiger partial charge in [0, 0.05) is 6.07 Å². The van der Waals surface area contributed by atoms with Crippen LogP contribution in [0.2, 0.25) is 0 Å². The van der Waals surface area contributed by atoms with Crippen molar-refractivity contribution in [3.8, 4) is 5.88 Å². The van der Waals surface area contributed by atoms with Gasteiger partial charge in [0.1, 0.15) is 17.9 Å². The molecule has 1 atom stereocenters. The Labute approximate surface area is 103 Å². The number of aromatic nitrogens is 4. The van der Waals surface area contributed by atoms with Crippen LogP contribution < -0.4 is 10.1 Å². The number of hydrogen-bond donors (Lipinski definition) is 2. The number of carbonyl (C=O) groups is 1. The van der Waals surface area contributed by atoms with Gasteiger partial charge in [0.25, 0.3) is 11.8 Å². The van der Waals surface area contributed by atoms with E-state index in [1.165, 1.54) is 6.33 Å². The van der Waals surface area contributed by atoms with Gasteiger partial charge in [-0.2, -0.15) is 5.10 Å². The molecule has 0 bridgehead atoms. The molecule has 0 saturated heterocycles. The summed E-state index contributed by atoms with van der Waals surface area (Å²) in [5.41, 5.74) is 0. The molecule has 0 aliphatic rings. The first kappa shape index (κ1) is 12.1. The van der Waals surface area contributed by atoms with Crippen molar-refractivity contribution in [1.29, 1.82) is 0 Å². The number of carbonyl (C=O) groups excluding carboxylic acids is 1. The maximum atomic E-state index is 11.6. The quantitative estimate of drug-likeness (QED) is 0.794. The van der Waals surface area contributed by atoms with E-state index < -0.39 is 0 Å². The predicted molar refractivity (Wildman–Crippen MR) is 59.7 cm³/mol. The fraction of sp³-hybridized carbons (Fsp3) is 0.400. The summed E-state index contributed by atoms with van der Waals surface area (Å²) < 4.78 is 9.95. The van der Waals surface area contributed by atoms with Gasteiger partial charge >= 0.3 is 0 Å². The summed E-state index contributed by atoms with van der Waals surface area (Å²) in [7, 11) is 0. The topological polar surface area (TPSA) is 106 Å². The van der Waals surface area contributed by atoms with Crippen molar-refractivity contribution in [2.75, 3.05) is 6.61 Å². The number of aromatic amines is 1. The van der Waals surface area contributed by atoms with E-state index in [1.54, 1.807) is 19.9 Å². The van der Waals surface area contributed by atoms with Gasteiger partial charge in [0.15, 0.2) is 6.61 Å². The molecule has 0 saturated carbocycles. The Kier molecular flexibility index (Phi) is 3.56. The average Bonchev–Trinajstić information content (AvgIpc) is 2.97. The SMILES string of the molecule is Cc1cc(OCC(=O)NC(C)c2ncn[nH]2)no1. The summed E-state index contributed by atoms with van der Waals surface area (Å²) in [4.78, 5) is 15.5. The Balaban J connectivity index is 1.78. The fourth-order valence-electron chi connectivity index (χ4n) is 1.33. The highest BCUT2D eigenvalue weighted by Gasteiger charge is 2.12. The molecule has 1 unspecified atom stereocenters. The zero-order valence-electron chi connectivity index (χ0n) is 10.0. The molecule has 2 rings (SSSR count). The van der Waals surface area contributed by atoms with Crippen molar-refractivity contribution >= 4 is 5.91 Å². The highest BCUT2D eigenvalue weighted by molar-refractivity contribution is 5.77. The number of nitrogens with one attached hydrogen (secondary N) is 2. The Bertz CT molecular complexity index is 507. The van der Waals surface area contributed by atoms with Crippen LogP contribution >= 0.6 is 0 Å². The summed E-state index contributed by atoms with van der Waals surface area (Å²) in [6.45, 7) is 3.40. The van der Waals surface area contributed by atoms with Crippen molar-refractivity contribution in [2.45, 2.75) is 19.9 Å². The van der Waals surface area contributed by atoms with Gasteiger partial charge in [-0.1, -0.05) is 0 Å². The largest absolute Gasteiger partial charge is 0.465 e. The van der Waals surface area contributed by atoms with Crippen molar-refractivity contribution in [3.63, 3.8) is 0 Å². The second-order valence-corrected chi connectivity index (χ2v) is 3.72. The van der Waals surface area contributed by atoms with Crippen molar-refractivity contribution in [2.24, 2.45) is 0 Å². The average molecular weight is 251 g/mol. The lowest BCUT2D eigenvalue weighted by atomic mass is 10.3. The number of amides is 1. The third-order valence-corrected chi connectivity index (χ3v) is 2.18. The standard InChI is InChI=1S/C10H13N5O3/c1-6-3-9(15-18-6)17-4-8(16)13-7(2)10-11-5-12-14-10/h3,5,7H,4H2,1-2H3,(H,13,16)(H,11,12,14). The van der Waals surface area contributed by atoms with Crippen molar-refractivity contribution in [3.05, 3.63) is 24.0 Å². The molecule has 0 spiro atoms. The summed E-state index contributed by atoms with van der Waals surface area (Å²) in [6, 6.07) is 1.34. The Morgan fingerprint density at radius 3 is 3.11 bits per heavy atom. The van der Waals surface area contributed by atoms with Gasteiger partial charge in [-0.25, -0.2) is 4.98 Å². The molecule has 0 aliphatic heterocycles. The van der Waals surface area contributed by atoms with E-state index in [0.717, 1.165) is 0 Å². The van der Waals surface area contributed by atoms with Gasteiger partial charge in [-0.15, -0.1) is 0 Å². The zero-order valence-corrected chi connectivity index (χ0v) is 10.0. The molecule has 0 aromatic carbocycles. The van der Waals surface area contributed by atoms with Crippen LogP contribution in [-0.2, 0) is 4.79 Å². The van der Waals surface area contributed by atoms with Crippen LogP contribution in [0.15, 0.2) is 16.9 Å². The first-order chi connectivity index (χ1) is 8.65. The number of hydrogen-bond acceptors (Lipinski definition) is 6. The second-order valence-electron chi connectivity index (χ2n) is 3.72. The number of nitrogens with zero attached hydrogens (tertiary/aromatic N) is 3. The van der Waals surface area contributed by atoms with Crippen LogP contribution in [0.5, 0.6) is 5.88 Å². The molecule has 0 fully saturated rings. The molecule has 96 valence electrons. The van der Waals surface area contributed by atoms with Crippen LogP contribution in [0, 0.1) is 6.92 Å². The van der Waals surface area contributed by atoms with Crippen LogP contribution in [0.25, 0.3) is 0 Å². The van der Waals surface area contributed by atoms with Gasteiger partial charge in [-0.05, 0) is 19.0 Å². The molecule has 8 nitrogen and oxygen atoms in total. The second kappa shape index (κ2) is 5.30. The molecule has 2 aromatic heterocycles. The van der Waals surface area contributed by atoms with Gasteiger partial charge in [0.2, 0.25) is 0 Å². The van der Waals surface area contributed by atoms with Crippen LogP contribution in [0.4, 0.5) is 0 Å². The lowest BCUT2D eigenvalue weighted by molar-refractivity contribution is -0.123. The molecule has 2 heterocycles. The molecule has 18 heavy (non-hydrogen) atoms. The van der Waals surface area contributed by atoms with Crippen LogP contribution in [-0.4, -0.2) is 32.9 Å². The number of rotatable bonds is 5. The number of aryl methyl sites for hydroxylation is 1. The third kappa shape index (κ3) is 3.06. The van der Waals surface area contributed by atoms with Gasteiger partial charge in [-0.3, -0.25) is 9.89 Å². The summed E-state index contributed by atoms with van der Waals surface area (Å²) in [6.07, 6.45) is 1.38. The normalized spacial score (nSPS) is 12.1. The maximum absolute atomic E-state index is 11.6. The molecular weight excluding hydrogens is 238 g/mol. The minimum atomic E-state index is -0.278. The molecule has 0 aliphatic carbocycles. The fourth-order valence-corrected chi connectivity index (χ4v) is 1.33. The zero-order chi connectivity index (χ0) is 13.0. The van der Waals surface area contributed by atoms with E-state index in [0.29, 0.717) is 11.6 Å². The van der Waals surface area contributed by atoms with Crippen molar-refractivity contribution in [1.82, 2.24) is 25.7 Å². The molecule has 8 heteroatoms. The maximum Gasteiger partial charge on any atom is 0.258 e. The molecule has 2 aromatic rings. The first-order valence-electron chi connectivity index (χ1n) is 5.36. The molecule has 0 radical (unpaired) electrons. The predicted octanol–water partition coefficient (Wildman–Crippen LogP) is 0.357. The van der Waals surface area contributed by atoms with E-state index in [-0.39, 0.29) is 24.4 Å². The van der Waals surface area contributed by atoms with E-state index in [1.807, 2.05) is 0 Å². The number of H-pyrrole nitrogens is 1. The summed E-state index contributed by atoms with van der Waals surface area (Å²) in [5.74, 6) is 1.22. The Morgan fingerprint density at radius 1 is 1.67 bits per heavy atom. The minimum Gasteiger partial charge on any atom is -0.465 e. The highest BCUT2D eigenvalue weighted by atomic mass is 16.5. The third-order valence-electron chi connectivity index (χ3n) is 2.18. The number of ether oxygens (including phenoxy) is 1. The van der Waals surface area contributed by atoms with Crippen molar-refractivity contribution < 1.29 is 14.1 Å². The van der Waals surface area contributed by atoms with Crippen LogP contribution in [0.3, 0.4) is 0 Å². The summed E-state index contributed by atoms with van der Waals surface area (Å²) >= 11 is 0. The van der Waals surface area contributed by atoms with E-state index in [9.17, 15) is 4.79 Å². The van der Waals surface area contributed by atoms with Crippen LogP contribution in [0.1, 0.15) is 24.6 Å². The van der Waals surface area contributed by atoms with E-state index >= 15 is 0 Å². The minimum absolute atomic E-state index is 0.134. The Hall–Kier alpha value is -2.38. The lowest BCUT2D eigenvalue weighted by Crippen LogP contribution is -2.31. The molecule has 2 N–H and O–H groups in total. The lowest BCUT2D eigenvalue weighted by Gasteiger charge is -2.10. The first-order valence-corrected chi connectivity index (χ1v) is 5.36. The van der Waals surface area contributed by atoms with Gasteiger partial charge in [0.05, 0.1) is 6.04 Å². The van der Waals surface area contributed by atoms with Gasteiger partial charge < -0.3 is 14.6 Å². The molecular formula is C10H13N5O3. The molecule has 1 amide bonds. The van der Waals surface area contributed by atoms with E-state index in [2.05, 4.69) is 25.7 Å². The Morgan fingerprint density at radius 2 is 2.50 bits per heavy atom. The summed E-state index contributed by atoms with van der Waals surface area (Å²) in [5, 5.41) is 12.7.